The molecule has 1 rings (SSSR count). The van der Waals surface area contributed by atoms with Gasteiger partial charge >= 0.3 is 11.8 Å². The maximum Gasteiger partial charge on any atom is 0.438 e. The minimum atomic E-state index is -0.185. The molecular weight excluding hydrogens is 122 g/mol. The number of carbonyl (C=O) groups is 1. The van der Waals surface area contributed by atoms with E-state index >= 15 is 0 Å². The largest absolute Gasteiger partial charge is 0.460 e. The summed E-state index contributed by atoms with van der Waals surface area (Å²) in [4.78, 5) is 15.2. The molecular formula is C5H8NO3+. The van der Waals surface area contributed by atoms with E-state index < -0.39 is 0 Å². The number of hydrogen-bond donors (Lipinski definition) is 1. The third kappa shape index (κ3) is 0.872. The molecule has 0 fully saturated rings. The second-order valence-corrected chi connectivity index (χ2v) is 1.79. The Morgan fingerprint density at radius 3 is 2.56 bits per heavy atom. The summed E-state index contributed by atoms with van der Waals surface area (Å²) in [6, 6.07) is 0. The van der Waals surface area contributed by atoms with Gasteiger partial charge in [-0.15, -0.1) is 0 Å². The van der Waals surface area contributed by atoms with Gasteiger partial charge in [-0.25, -0.2) is 4.79 Å². The molecule has 1 N–H and O–H groups in total. The third-order valence-electron chi connectivity index (χ3n) is 1.21. The molecule has 0 bridgehead atoms. The van der Waals surface area contributed by atoms with Crippen molar-refractivity contribution in [2.75, 3.05) is 7.11 Å². The van der Waals surface area contributed by atoms with Crippen molar-refractivity contribution in [2.24, 2.45) is 0 Å². The molecule has 0 radical (unpaired) electrons. The summed E-state index contributed by atoms with van der Waals surface area (Å²) in [7, 11) is 1.35. The molecule has 0 unspecified atom stereocenters. The fourth-order valence-corrected chi connectivity index (χ4v) is 0.773. The Morgan fingerprint density at radius 1 is 1.67 bits per heavy atom. The average molecular weight is 130 g/mol. The predicted octanol–water partition coefficient (Wildman–Crippen LogP) is -0.163. The molecule has 1 amide bonds. The maximum atomic E-state index is 10.6. The fourth-order valence-electron chi connectivity index (χ4n) is 0.773. The third-order valence-corrected chi connectivity index (χ3v) is 1.21. The van der Waals surface area contributed by atoms with E-state index in [1.807, 2.05) is 0 Å². The summed E-state index contributed by atoms with van der Waals surface area (Å²) in [5.41, 5.74) is 0. The lowest BCUT2D eigenvalue weighted by Crippen LogP contribution is -2.18. The van der Waals surface area contributed by atoms with Crippen molar-refractivity contribution in [1.29, 1.82) is 0 Å². The number of carbonyl (C=O) groups excluding carboxylic acids is 1. The van der Waals surface area contributed by atoms with E-state index in [-0.39, 0.29) is 11.8 Å². The summed E-state index contributed by atoms with van der Waals surface area (Å²) >= 11 is 0. The number of hydrogen-bond acceptors (Lipinski definition) is 2. The first-order valence-corrected chi connectivity index (χ1v) is 2.67. The van der Waals surface area contributed by atoms with Crippen LogP contribution < -0.4 is 0 Å². The Bertz CT molecular complexity index is 173. The SMILES string of the molecule is CO[N+]1=C(O)CCC1=O. The van der Waals surface area contributed by atoms with Gasteiger partial charge in [0.25, 0.3) is 0 Å². The number of nitrogens with zero attached hydrogens (tertiary/aromatic N) is 1. The molecule has 1 aliphatic rings. The normalized spacial score (nSPS) is 19.0. The first-order chi connectivity index (χ1) is 4.25. The van der Waals surface area contributed by atoms with Crippen LogP contribution in [-0.2, 0) is 9.63 Å². The van der Waals surface area contributed by atoms with Gasteiger partial charge in [0.05, 0.1) is 17.6 Å². The first kappa shape index (κ1) is 6.07. The highest BCUT2D eigenvalue weighted by molar-refractivity contribution is 5.85. The van der Waals surface area contributed by atoms with E-state index in [9.17, 15) is 4.79 Å². The van der Waals surface area contributed by atoms with E-state index in [4.69, 9.17) is 5.11 Å². The van der Waals surface area contributed by atoms with Crippen molar-refractivity contribution in [3.8, 4) is 0 Å². The second-order valence-electron chi connectivity index (χ2n) is 1.79. The van der Waals surface area contributed by atoms with Crippen molar-refractivity contribution in [2.45, 2.75) is 12.8 Å². The quantitative estimate of drug-likeness (QED) is 0.501. The topological polar surface area (TPSA) is 49.5 Å². The fraction of sp³-hybridized carbons (Fsp3) is 0.600. The van der Waals surface area contributed by atoms with Crippen LogP contribution in [-0.4, -0.2) is 28.8 Å². The molecule has 50 valence electrons. The van der Waals surface area contributed by atoms with Crippen LogP contribution in [0.3, 0.4) is 0 Å². The van der Waals surface area contributed by atoms with Crippen molar-refractivity contribution in [3.63, 3.8) is 0 Å². The van der Waals surface area contributed by atoms with Gasteiger partial charge in [-0.3, -0.25) is 4.84 Å². The van der Waals surface area contributed by atoms with Crippen molar-refractivity contribution < 1.29 is 19.5 Å². The lowest BCUT2D eigenvalue weighted by molar-refractivity contribution is -0.714. The molecule has 4 heteroatoms. The molecule has 1 heterocycles. The van der Waals surface area contributed by atoms with Gasteiger partial charge in [0.15, 0.2) is 0 Å². The van der Waals surface area contributed by atoms with E-state index in [2.05, 4.69) is 4.84 Å². The zero-order valence-corrected chi connectivity index (χ0v) is 5.13. The van der Waals surface area contributed by atoms with Crippen LogP contribution in [0, 0.1) is 0 Å². The van der Waals surface area contributed by atoms with Gasteiger partial charge in [0, 0.05) is 0 Å². The van der Waals surface area contributed by atoms with Crippen LogP contribution in [0.4, 0.5) is 0 Å². The Labute approximate surface area is 52.3 Å². The minimum Gasteiger partial charge on any atom is -0.460 e. The minimum absolute atomic E-state index is 0.00231. The average Bonchev–Trinajstić information content (AvgIpc) is 2.12. The summed E-state index contributed by atoms with van der Waals surface area (Å²) in [5, 5.41) is 8.86. The van der Waals surface area contributed by atoms with E-state index in [1.54, 1.807) is 0 Å². The van der Waals surface area contributed by atoms with E-state index in [1.165, 1.54) is 7.11 Å². The summed E-state index contributed by atoms with van der Waals surface area (Å²) in [6.45, 7) is 0. The van der Waals surface area contributed by atoms with Gasteiger partial charge in [0.1, 0.15) is 7.11 Å². The second kappa shape index (κ2) is 2.05. The molecule has 0 aromatic rings. The summed E-state index contributed by atoms with van der Waals surface area (Å²) in [6.07, 6.45) is 0.742. The molecule has 4 nitrogen and oxygen atoms in total. The molecule has 0 spiro atoms. The zero-order valence-electron chi connectivity index (χ0n) is 5.13. The summed E-state index contributed by atoms with van der Waals surface area (Å²) in [5.74, 6) is -0.183. The van der Waals surface area contributed by atoms with Crippen LogP contribution in [0.25, 0.3) is 0 Å². The lowest BCUT2D eigenvalue weighted by Gasteiger charge is -1.85. The van der Waals surface area contributed by atoms with Crippen LogP contribution in [0.5, 0.6) is 0 Å². The molecule has 9 heavy (non-hydrogen) atoms. The number of aliphatic hydroxyl groups is 1. The first-order valence-electron chi connectivity index (χ1n) is 2.67. The zero-order chi connectivity index (χ0) is 6.85. The highest BCUT2D eigenvalue weighted by Gasteiger charge is 2.33. The number of hydroxylamine groups is 1. The van der Waals surface area contributed by atoms with Crippen LogP contribution in [0.15, 0.2) is 0 Å². The van der Waals surface area contributed by atoms with Crippen molar-refractivity contribution in [3.05, 3.63) is 0 Å². The molecule has 0 atom stereocenters. The van der Waals surface area contributed by atoms with Gasteiger partial charge in [0.2, 0.25) is 0 Å². The van der Waals surface area contributed by atoms with Gasteiger partial charge in [-0.2, -0.15) is 0 Å². The van der Waals surface area contributed by atoms with Gasteiger partial charge in [-0.1, -0.05) is 0 Å². The molecule has 0 aromatic heterocycles. The standard InChI is InChI=1S/C5H7NO3/c1-9-6-4(7)2-3-5(6)8/h2-3H2,1H3/p+1. The van der Waals surface area contributed by atoms with Gasteiger partial charge < -0.3 is 5.11 Å². The number of rotatable bonds is 1. The Hall–Kier alpha value is -1.06. The maximum absolute atomic E-state index is 10.6. The molecule has 0 aliphatic carbocycles. The molecule has 1 aliphatic heterocycles. The highest BCUT2D eigenvalue weighted by atomic mass is 16.7. The van der Waals surface area contributed by atoms with Gasteiger partial charge in [-0.05, 0) is 0 Å². The van der Waals surface area contributed by atoms with Crippen LogP contribution in [0.2, 0.25) is 0 Å². The van der Waals surface area contributed by atoms with E-state index in [0.717, 1.165) is 4.74 Å². The summed E-state index contributed by atoms with van der Waals surface area (Å²) < 4.78 is 0.903. The molecule has 0 saturated carbocycles. The molecule has 0 aromatic carbocycles. The number of aliphatic hydroxyl groups excluding tert-OH is 1. The monoisotopic (exact) mass is 130 g/mol. The lowest BCUT2D eigenvalue weighted by atomic mass is 10.4. The molecule has 0 saturated heterocycles. The highest BCUT2D eigenvalue weighted by Crippen LogP contribution is 2.03. The Balaban J connectivity index is 2.82. The van der Waals surface area contributed by atoms with Crippen molar-refractivity contribution >= 4 is 11.8 Å². The van der Waals surface area contributed by atoms with Crippen LogP contribution in [0.1, 0.15) is 12.8 Å². The van der Waals surface area contributed by atoms with Crippen LogP contribution >= 0.6 is 0 Å². The smallest absolute Gasteiger partial charge is 0.438 e. The van der Waals surface area contributed by atoms with E-state index in [0.29, 0.717) is 12.8 Å². The van der Waals surface area contributed by atoms with Crippen molar-refractivity contribution in [1.82, 2.24) is 0 Å². The number of amides is 1. The Kier molecular flexibility index (Phi) is 1.38. The Morgan fingerprint density at radius 2 is 2.33 bits per heavy atom. The predicted molar refractivity (Wildman–Crippen MR) is 29.1 cm³/mol.